The number of hydrogen-bond donors (Lipinski definition) is 0. The minimum Gasteiger partial charge on any atom is -0.462 e. The topological polar surface area (TPSA) is 78.9 Å². The number of allylic oxidation sites excluding steroid dienone is 10. The summed E-state index contributed by atoms with van der Waals surface area (Å²) in [5.74, 6) is -0.992. The summed E-state index contributed by atoms with van der Waals surface area (Å²) >= 11 is 0. The Bertz CT molecular complexity index is 1100. The third kappa shape index (κ3) is 46.2. The van der Waals surface area contributed by atoms with Gasteiger partial charge in [0.05, 0.1) is 0 Å². The van der Waals surface area contributed by atoms with Crippen LogP contribution in [-0.4, -0.2) is 37.2 Å². The third-order valence-electron chi connectivity index (χ3n) is 10.8. The van der Waals surface area contributed by atoms with Crippen LogP contribution in [0.2, 0.25) is 0 Å². The molecule has 346 valence electrons. The van der Waals surface area contributed by atoms with Gasteiger partial charge in [-0.15, -0.1) is 0 Å². The molecular formula is C54H94O6. The highest BCUT2D eigenvalue weighted by molar-refractivity contribution is 5.71. The van der Waals surface area contributed by atoms with Gasteiger partial charge in [0.25, 0.3) is 0 Å². The summed E-state index contributed by atoms with van der Waals surface area (Å²) < 4.78 is 16.7. The molecule has 0 amide bonds. The van der Waals surface area contributed by atoms with Crippen LogP contribution < -0.4 is 0 Å². The predicted molar refractivity (Wildman–Crippen MR) is 256 cm³/mol. The van der Waals surface area contributed by atoms with E-state index in [1.807, 2.05) is 12.2 Å². The minimum atomic E-state index is -0.812. The van der Waals surface area contributed by atoms with Crippen LogP contribution in [0.5, 0.6) is 0 Å². The standard InChI is InChI=1S/C54H94O6/c1-4-7-10-13-16-19-22-24-25-26-27-28-30-32-35-38-41-44-47-53(56)59-50-51(49-58-52(55)46-43-40-37-34-31-21-18-15-12-9-6-3)60-54(57)48-45-42-39-36-33-29-23-20-17-14-11-8-5-2/h8,11,15,17-18,20,29,33,39,42,51H,4-7,9-10,12-14,16,19,21-28,30-32,34-38,40-41,43-50H2,1-3H3/b11-8-,18-15-,20-17-,33-29-,42-39-. The average Bonchev–Trinajstić information content (AvgIpc) is 3.24. The molecule has 6 nitrogen and oxygen atoms in total. The highest BCUT2D eigenvalue weighted by Gasteiger charge is 2.19. The zero-order chi connectivity index (χ0) is 43.7. The van der Waals surface area contributed by atoms with Gasteiger partial charge in [-0.3, -0.25) is 14.4 Å². The Hall–Kier alpha value is -2.89. The van der Waals surface area contributed by atoms with E-state index in [0.29, 0.717) is 19.3 Å². The zero-order valence-electron chi connectivity index (χ0n) is 39.5. The first-order valence-electron chi connectivity index (χ1n) is 25.3. The molecule has 0 rings (SSSR count). The summed E-state index contributed by atoms with van der Waals surface area (Å²) in [5.41, 5.74) is 0. The van der Waals surface area contributed by atoms with Crippen molar-refractivity contribution < 1.29 is 28.6 Å². The molecule has 0 spiro atoms. The Morgan fingerprint density at radius 1 is 0.350 bits per heavy atom. The Labute approximate surface area is 370 Å². The Kier molecular flexibility index (Phi) is 46.4. The van der Waals surface area contributed by atoms with Gasteiger partial charge in [-0.05, 0) is 64.2 Å². The molecule has 0 heterocycles. The molecule has 6 heteroatoms. The first-order chi connectivity index (χ1) is 29.5. The summed E-state index contributed by atoms with van der Waals surface area (Å²) in [4.78, 5) is 37.8. The summed E-state index contributed by atoms with van der Waals surface area (Å²) in [7, 11) is 0. The lowest BCUT2D eigenvalue weighted by molar-refractivity contribution is -0.166. The maximum absolute atomic E-state index is 12.7. The molecule has 0 bridgehead atoms. The maximum atomic E-state index is 12.7. The Morgan fingerprint density at radius 3 is 1.13 bits per heavy atom. The van der Waals surface area contributed by atoms with Gasteiger partial charge in [-0.25, -0.2) is 0 Å². The second kappa shape index (κ2) is 48.8. The molecule has 0 N–H and O–H groups in total. The number of hydrogen-bond acceptors (Lipinski definition) is 6. The van der Waals surface area contributed by atoms with Crippen LogP contribution in [0.4, 0.5) is 0 Å². The van der Waals surface area contributed by atoms with E-state index in [-0.39, 0.29) is 31.6 Å². The number of esters is 3. The van der Waals surface area contributed by atoms with E-state index >= 15 is 0 Å². The van der Waals surface area contributed by atoms with Crippen molar-refractivity contribution in [3.63, 3.8) is 0 Å². The number of carbonyl (C=O) groups is 3. The van der Waals surface area contributed by atoms with Crippen LogP contribution in [-0.2, 0) is 28.6 Å². The number of unbranched alkanes of at least 4 members (excludes halogenated alkanes) is 24. The van der Waals surface area contributed by atoms with E-state index in [1.165, 1.54) is 122 Å². The van der Waals surface area contributed by atoms with Crippen LogP contribution in [0.25, 0.3) is 0 Å². The van der Waals surface area contributed by atoms with Crippen LogP contribution in [0.1, 0.15) is 245 Å². The second-order valence-corrected chi connectivity index (χ2v) is 16.7. The van der Waals surface area contributed by atoms with Crippen molar-refractivity contribution in [2.45, 2.75) is 252 Å². The molecule has 0 aromatic rings. The van der Waals surface area contributed by atoms with Crippen molar-refractivity contribution in [2.24, 2.45) is 0 Å². The van der Waals surface area contributed by atoms with Crippen molar-refractivity contribution in [2.75, 3.05) is 13.2 Å². The summed E-state index contributed by atoms with van der Waals surface area (Å²) in [6.45, 7) is 6.42. The molecule has 60 heavy (non-hydrogen) atoms. The molecular weight excluding hydrogens is 745 g/mol. The molecule has 0 fully saturated rings. The van der Waals surface area contributed by atoms with Gasteiger partial charge >= 0.3 is 17.9 Å². The molecule has 1 atom stereocenters. The maximum Gasteiger partial charge on any atom is 0.306 e. The molecule has 1 unspecified atom stereocenters. The average molecular weight is 839 g/mol. The quantitative estimate of drug-likeness (QED) is 0.0263. The van der Waals surface area contributed by atoms with Crippen LogP contribution in [0.15, 0.2) is 60.8 Å². The van der Waals surface area contributed by atoms with Crippen molar-refractivity contribution in [1.82, 2.24) is 0 Å². The van der Waals surface area contributed by atoms with Crippen molar-refractivity contribution >= 4 is 17.9 Å². The lowest BCUT2D eigenvalue weighted by Gasteiger charge is -2.18. The fourth-order valence-corrected chi connectivity index (χ4v) is 6.97. The number of carbonyl (C=O) groups excluding carboxylic acids is 3. The van der Waals surface area contributed by atoms with Gasteiger partial charge in [0.1, 0.15) is 13.2 Å². The van der Waals surface area contributed by atoms with Crippen LogP contribution in [0, 0.1) is 0 Å². The SMILES string of the molecule is CC/C=C\C/C=C\C/C=C\C/C=C\CCC(=O)OC(COC(=O)CCCCCCC/C=C\CCCC)COC(=O)CCCCCCCCCCCCCCCCCCCC. The number of ether oxygens (including phenoxy) is 3. The highest BCUT2D eigenvalue weighted by atomic mass is 16.6. The smallest absolute Gasteiger partial charge is 0.306 e. The van der Waals surface area contributed by atoms with E-state index in [1.54, 1.807) is 0 Å². The van der Waals surface area contributed by atoms with Gasteiger partial charge in [0.2, 0.25) is 0 Å². The van der Waals surface area contributed by atoms with E-state index < -0.39 is 12.1 Å². The lowest BCUT2D eigenvalue weighted by atomic mass is 10.0. The van der Waals surface area contributed by atoms with E-state index in [2.05, 4.69) is 69.4 Å². The molecule has 0 aliphatic carbocycles. The summed E-state index contributed by atoms with van der Waals surface area (Å²) in [6, 6.07) is 0. The van der Waals surface area contributed by atoms with E-state index in [4.69, 9.17) is 14.2 Å². The lowest BCUT2D eigenvalue weighted by Crippen LogP contribution is -2.30. The fourth-order valence-electron chi connectivity index (χ4n) is 6.97. The molecule has 0 saturated heterocycles. The van der Waals surface area contributed by atoms with Gasteiger partial charge < -0.3 is 14.2 Å². The Morgan fingerprint density at radius 2 is 0.700 bits per heavy atom. The third-order valence-corrected chi connectivity index (χ3v) is 10.8. The molecule has 0 aliphatic heterocycles. The zero-order valence-corrected chi connectivity index (χ0v) is 39.5. The largest absolute Gasteiger partial charge is 0.462 e. The van der Waals surface area contributed by atoms with Gasteiger partial charge in [0.15, 0.2) is 6.10 Å². The van der Waals surface area contributed by atoms with Crippen LogP contribution in [0.3, 0.4) is 0 Å². The van der Waals surface area contributed by atoms with Gasteiger partial charge in [-0.1, -0.05) is 223 Å². The summed E-state index contributed by atoms with van der Waals surface area (Å²) in [5, 5.41) is 0. The Balaban J connectivity index is 4.39. The molecule has 0 aromatic heterocycles. The van der Waals surface area contributed by atoms with Crippen molar-refractivity contribution in [1.29, 1.82) is 0 Å². The predicted octanol–water partition coefficient (Wildman–Crippen LogP) is 16.5. The normalized spacial score (nSPS) is 12.5. The van der Waals surface area contributed by atoms with Crippen LogP contribution >= 0.6 is 0 Å². The number of rotatable bonds is 45. The second-order valence-electron chi connectivity index (χ2n) is 16.7. The summed E-state index contributed by atoms with van der Waals surface area (Å²) in [6.07, 6.45) is 59.4. The first kappa shape index (κ1) is 57.1. The monoisotopic (exact) mass is 839 g/mol. The van der Waals surface area contributed by atoms with E-state index in [9.17, 15) is 14.4 Å². The van der Waals surface area contributed by atoms with Gasteiger partial charge in [-0.2, -0.15) is 0 Å². The highest BCUT2D eigenvalue weighted by Crippen LogP contribution is 2.15. The fraction of sp³-hybridized carbons (Fsp3) is 0.759. The molecule has 0 aromatic carbocycles. The van der Waals surface area contributed by atoms with E-state index in [0.717, 1.165) is 77.0 Å². The molecule has 0 saturated carbocycles. The molecule has 0 radical (unpaired) electrons. The van der Waals surface area contributed by atoms with Crippen molar-refractivity contribution in [3.05, 3.63) is 60.8 Å². The van der Waals surface area contributed by atoms with Crippen molar-refractivity contribution in [3.8, 4) is 0 Å². The first-order valence-corrected chi connectivity index (χ1v) is 25.3. The minimum absolute atomic E-state index is 0.103. The van der Waals surface area contributed by atoms with Gasteiger partial charge in [0, 0.05) is 19.3 Å². The molecule has 0 aliphatic rings.